The van der Waals surface area contributed by atoms with Gasteiger partial charge in [-0.15, -0.1) is 0 Å². The first-order chi connectivity index (χ1) is 9.26. The van der Waals surface area contributed by atoms with Crippen LogP contribution in [0.5, 0.6) is 0 Å². The summed E-state index contributed by atoms with van der Waals surface area (Å²) in [5.41, 5.74) is 1.29. The zero-order valence-corrected chi connectivity index (χ0v) is 13.5. The van der Waals surface area contributed by atoms with Crippen LogP contribution in [0.15, 0.2) is 16.7 Å². The van der Waals surface area contributed by atoms with E-state index in [1.54, 1.807) is 0 Å². The van der Waals surface area contributed by atoms with Gasteiger partial charge in [-0.2, -0.15) is 0 Å². The number of nitrogens with one attached hydrogen (secondary N) is 1. The van der Waals surface area contributed by atoms with Crippen LogP contribution in [0, 0.1) is 0 Å². The van der Waals surface area contributed by atoms with Crippen molar-refractivity contribution in [3.63, 3.8) is 0 Å². The Balaban J connectivity index is 2.27. The van der Waals surface area contributed by atoms with E-state index >= 15 is 0 Å². The van der Waals surface area contributed by atoms with E-state index in [-0.39, 0.29) is 0 Å². The molecule has 4 heteroatoms. The van der Waals surface area contributed by atoms with Gasteiger partial charge in [-0.25, -0.2) is 4.98 Å². The van der Waals surface area contributed by atoms with E-state index in [9.17, 15) is 0 Å². The Morgan fingerprint density at radius 1 is 1.47 bits per heavy atom. The Hall–Kier alpha value is -0.610. The molecule has 1 saturated heterocycles. The molecule has 2 heterocycles. The lowest BCUT2D eigenvalue weighted by Crippen LogP contribution is -2.40. The summed E-state index contributed by atoms with van der Waals surface area (Å²) in [5, 5.41) is 3.25. The number of anilines is 1. The first-order valence-corrected chi connectivity index (χ1v) is 8.11. The number of aromatic nitrogens is 1. The molecule has 1 atom stereocenters. The van der Waals surface area contributed by atoms with Crippen molar-refractivity contribution >= 4 is 21.7 Å². The molecule has 0 saturated carbocycles. The molecule has 0 spiro atoms. The summed E-state index contributed by atoms with van der Waals surface area (Å²) in [7, 11) is 1.99. The predicted molar refractivity (Wildman–Crippen MR) is 84.6 cm³/mol. The Labute approximate surface area is 124 Å². The lowest BCUT2D eigenvalue weighted by atomic mass is 9.97. The van der Waals surface area contributed by atoms with Crippen LogP contribution >= 0.6 is 15.9 Å². The van der Waals surface area contributed by atoms with Gasteiger partial charge in [-0.1, -0.05) is 13.3 Å². The van der Waals surface area contributed by atoms with E-state index in [1.807, 2.05) is 13.2 Å². The molecule has 3 nitrogen and oxygen atoms in total. The van der Waals surface area contributed by atoms with E-state index in [4.69, 9.17) is 4.98 Å². The van der Waals surface area contributed by atoms with Crippen molar-refractivity contribution in [3.05, 3.63) is 22.3 Å². The lowest BCUT2D eigenvalue weighted by molar-refractivity contribution is 0.430. The molecular formula is C15H24BrN3. The smallest absolute Gasteiger partial charge is 0.133 e. The van der Waals surface area contributed by atoms with Gasteiger partial charge in [0.2, 0.25) is 0 Å². The molecule has 1 N–H and O–H groups in total. The van der Waals surface area contributed by atoms with Crippen molar-refractivity contribution in [1.29, 1.82) is 0 Å². The maximum Gasteiger partial charge on any atom is 0.133 e. The van der Waals surface area contributed by atoms with E-state index < -0.39 is 0 Å². The maximum absolute atomic E-state index is 4.69. The fraction of sp³-hybridized carbons (Fsp3) is 0.667. The predicted octanol–water partition coefficient (Wildman–Crippen LogP) is 3.72. The minimum atomic E-state index is 0.669. The van der Waals surface area contributed by atoms with Gasteiger partial charge in [0.1, 0.15) is 5.82 Å². The highest BCUT2D eigenvalue weighted by molar-refractivity contribution is 9.10. The van der Waals surface area contributed by atoms with Gasteiger partial charge in [-0.05, 0) is 54.7 Å². The van der Waals surface area contributed by atoms with Crippen LogP contribution < -0.4 is 10.2 Å². The largest absolute Gasteiger partial charge is 0.353 e. The summed E-state index contributed by atoms with van der Waals surface area (Å²) in [5.74, 6) is 1.18. The number of rotatable bonds is 5. The summed E-state index contributed by atoms with van der Waals surface area (Å²) in [6, 6.07) is 2.86. The molecule has 0 radical (unpaired) electrons. The Bertz CT molecular complexity index is 406. The monoisotopic (exact) mass is 325 g/mol. The molecule has 1 aromatic rings. The zero-order valence-electron chi connectivity index (χ0n) is 12.0. The average Bonchev–Trinajstić information content (AvgIpc) is 2.41. The number of halogens is 1. The number of hydrogen-bond donors (Lipinski definition) is 1. The second kappa shape index (κ2) is 7.25. The van der Waals surface area contributed by atoms with Crippen LogP contribution in [0.1, 0.15) is 44.6 Å². The summed E-state index contributed by atoms with van der Waals surface area (Å²) in [6.45, 7) is 4.30. The number of piperidine rings is 1. The maximum atomic E-state index is 4.69. The van der Waals surface area contributed by atoms with Gasteiger partial charge in [0, 0.05) is 35.4 Å². The topological polar surface area (TPSA) is 28.2 Å². The Kier molecular flexibility index (Phi) is 5.64. The van der Waals surface area contributed by atoms with Gasteiger partial charge in [0.25, 0.3) is 0 Å². The van der Waals surface area contributed by atoms with Gasteiger partial charge in [0.15, 0.2) is 0 Å². The number of pyridine rings is 1. The molecule has 0 amide bonds. The summed E-state index contributed by atoms with van der Waals surface area (Å²) in [4.78, 5) is 7.23. The Morgan fingerprint density at radius 2 is 2.32 bits per heavy atom. The molecule has 1 aliphatic rings. The molecule has 1 aromatic heterocycles. The van der Waals surface area contributed by atoms with Crippen LogP contribution in [0.25, 0.3) is 0 Å². The van der Waals surface area contributed by atoms with E-state index in [2.05, 4.69) is 39.1 Å². The number of nitrogens with zero attached hydrogens (tertiary/aromatic N) is 2. The summed E-state index contributed by atoms with van der Waals surface area (Å²) >= 11 is 3.53. The second-order valence-corrected chi connectivity index (χ2v) is 6.21. The summed E-state index contributed by atoms with van der Waals surface area (Å²) in [6.07, 6.45) is 8.41. The van der Waals surface area contributed by atoms with Crippen LogP contribution in [0.3, 0.4) is 0 Å². The molecule has 2 rings (SSSR count). The van der Waals surface area contributed by atoms with Gasteiger partial charge in [-0.3, -0.25) is 0 Å². The second-order valence-electron chi connectivity index (χ2n) is 5.30. The molecule has 19 heavy (non-hydrogen) atoms. The highest BCUT2D eigenvalue weighted by Gasteiger charge is 2.24. The molecule has 1 aliphatic heterocycles. The van der Waals surface area contributed by atoms with E-state index in [1.165, 1.54) is 43.5 Å². The molecule has 0 aliphatic carbocycles. The highest BCUT2D eigenvalue weighted by atomic mass is 79.9. The van der Waals surface area contributed by atoms with Crippen molar-refractivity contribution in [2.45, 2.75) is 51.6 Å². The molecule has 1 unspecified atom stereocenters. The molecule has 106 valence electrons. The third-order valence-electron chi connectivity index (χ3n) is 3.80. The van der Waals surface area contributed by atoms with Gasteiger partial charge >= 0.3 is 0 Å². The fourth-order valence-electron chi connectivity index (χ4n) is 2.97. The standard InChI is InChI=1S/C15H24BrN3/c1-3-6-14-7-4-5-8-19(14)15-12(10-17-2)9-13(16)11-18-15/h9,11,14,17H,3-8,10H2,1-2H3. The van der Waals surface area contributed by atoms with E-state index in [0.717, 1.165) is 17.6 Å². The molecule has 0 bridgehead atoms. The van der Waals surface area contributed by atoms with Crippen LogP contribution in [0.4, 0.5) is 5.82 Å². The average molecular weight is 326 g/mol. The van der Waals surface area contributed by atoms with Crippen molar-refractivity contribution in [2.75, 3.05) is 18.5 Å². The molecule has 0 aromatic carbocycles. The first kappa shape index (κ1) is 14.8. The van der Waals surface area contributed by atoms with Crippen LogP contribution in [-0.4, -0.2) is 24.6 Å². The third kappa shape index (κ3) is 3.69. The van der Waals surface area contributed by atoms with Crippen molar-refractivity contribution < 1.29 is 0 Å². The summed E-state index contributed by atoms with van der Waals surface area (Å²) < 4.78 is 1.06. The van der Waals surface area contributed by atoms with Crippen molar-refractivity contribution in [3.8, 4) is 0 Å². The van der Waals surface area contributed by atoms with E-state index in [0.29, 0.717) is 6.04 Å². The first-order valence-electron chi connectivity index (χ1n) is 7.32. The van der Waals surface area contributed by atoms with Crippen molar-refractivity contribution in [1.82, 2.24) is 10.3 Å². The Morgan fingerprint density at radius 3 is 3.05 bits per heavy atom. The third-order valence-corrected chi connectivity index (χ3v) is 4.23. The van der Waals surface area contributed by atoms with Crippen LogP contribution in [-0.2, 0) is 6.54 Å². The normalized spacial score (nSPS) is 19.7. The zero-order chi connectivity index (χ0) is 13.7. The van der Waals surface area contributed by atoms with Gasteiger partial charge < -0.3 is 10.2 Å². The van der Waals surface area contributed by atoms with Gasteiger partial charge in [0.05, 0.1) is 0 Å². The van der Waals surface area contributed by atoms with Crippen LogP contribution in [0.2, 0.25) is 0 Å². The minimum absolute atomic E-state index is 0.669. The molecular weight excluding hydrogens is 302 g/mol. The fourth-order valence-corrected chi connectivity index (χ4v) is 3.34. The molecule has 1 fully saturated rings. The highest BCUT2D eigenvalue weighted by Crippen LogP contribution is 2.29. The quantitative estimate of drug-likeness (QED) is 0.894. The van der Waals surface area contributed by atoms with Crippen molar-refractivity contribution in [2.24, 2.45) is 0 Å². The minimum Gasteiger partial charge on any atom is -0.353 e. The number of hydrogen-bond acceptors (Lipinski definition) is 3. The SMILES string of the molecule is CCCC1CCCCN1c1ncc(Br)cc1CNC. The lowest BCUT2D eigenvalue weighted by Gasteiger charge is -2.37.